The highest BCUT2D eigenvalue weighted by Gasteiger charge is 2.24. The first-order valence-corrected chi connectivity index (χ1v) is 10.8. The number of benzene rings is 2. The summed E-state index contributed by atoms with van der Waals surface area (Å²) in [6.07, 6.45) is 3.74. The summed E-state index contributed by atoms with van der Waals surface area (Å²) >= 11 is 3.56. The molecule has 1 saturated heterocycles. The molecule has 0 spiro atoms. The second-order valence-corrected chi connectivity index (χ2v) is 7.91. The number of nitrogens with one attached hydrogen (secondary N) is 3. The minimum absolute atomic E-state index is 0.0178. The summed E-state index contributed by atoms with van der Waals surface area (Å²) in [5, 5.41) is 10.4. The normalized spacial score (nSPS) is 18.8. The van der Waals surface area contributed by atoms with Crippen LogP contribution in [0.1, 0.15) is 37.3 Å². The Balaban J connectivity index is 1.63. The van der Waals surface area contributed by atoms with Crippen molar-refractivity contribution in [1.29, 1.82) is 0 Å². The third-order valence-electron chi connectivity index (χ3n) is 4.67. The maximum Gasteiger partial charge on any atom is 0.224 e. The van der Waals surface area contributed by atoms with Crippen molar-refractivity contribution in [2.75, 3.05) is 7.11 Å². The van der Waals surface area contributed by atoms with Crippen LogP contribution in [0.25, 0.3) is 0 Å². The Morgan fingerprint density at radius 2 is 2.10 bits per heavy atom. The second kappa shape index (κ2) is 11.0. The summed E-state index contributed by atoms with van der Waals surface area (Å²) in [7, 11) is 1.60. The van der Waals surface area contributed by atoms with Crippen molar-refractivity contribution in [3.63, 3.8) is 0 Å². The van der Waals surface area contributed by atoms with Gasteiger partial charge in [-0.25, -0.2) is 0 Å². The minimum atomic E-state index is -0.391. The summed E-state index contributed by atoms with van der Waals surface area (Å²) < 4.78 is 12.2. The van der Waals surface area contributed by atoms with E-state index in [-0.39, 0.29) is 11.9 Å². The van der Waals surface area contributed by atoms with Gasteiger partial charge in [0.2, 0.25) is 5.91 Å². The Morgan fingerprint density at radius 1 is 1.30 bits per heavy atom. The van der Waals surface area contributed by atoms with Crippen LogP contribution in [-0.4, -0.2) is 31.6 Å². The van der Waals surface area contributed by atoms with Crippen LogP contribution >= 0.6 is 15.9 Å². The lowest BCUT2D eigenvalue weighted by molar-refractivity contribution is -0.124. The van der Waals surface area contributed by atoms with Gasteiger partial charge in [0.1, 0.15) is 6.61 Å². The number of hydrogen-bond acceptors (Lipinski definition) is 6. The van der Waals surface area contributed by atoms with E-state index < -0.39 is 6.29 Å². The van der Waals surface area contributed by atoms with Gasteiger partial charge in [-0.15, -0.1) is 0 Å². The van der Waals surface area contributed by atoms with Gasteiger partial charge in [0, 0.05) is 12.5 Å². The molecule has 0 radical (unpaired) electrons. The number of rotatable bonds is 9. The van der Waals surface area contributed by atoms with E-state index in [1.54, 1.807) is 13.3 Å². The molecule has 0 aromatic heterocycles. The summed E-state index contributed by atoms with van der Waals surface area (Å²) in [5.41, 5.74) is 4.84. The van der Waals surface area contributed by atoms with Gasteiger partial charge in [-0.05, 0) is 45.6 Å². The van der Waals surface area contributed by atoms with E-state index in [4.69, 9.17) is 9.47 Å². The standard InChI is InChI=1S/C22H27BrN4O3/c1-3-7-17-12-20(28)26-22(25-17)27-24-13-16-10-18(23)21(19(11-16)29-2)30-14-15-8-5-4-6-9-15/h4-6,8-11,13,17,22,25,27H,3,7,12,14H2,1-2H3,(H,26,28)/b24-13+. The van der Waals surface area contributed by atoms with Crippen molar-refractivity contribution < 1.29 is 14.3 Å². The zero-order valence-corrected chi connectivity index (χ0v) is 18.7. The van der Waals surface area contributed by atoms with E-state index in [1.807, 2.05) is 42.5 Å². The molecule has 2 aromatic carbocycles. The first-order chi connectivity index (χ1) is 14.6. The molecule has 1 fully saturated rings. The average molecular weight is 475 g/mol. The predicted octanol–water partition coefficient (Wildman–Crippen LogP) is 3.52. The van der Waals surface area contributed by atoms with Crippen LogP contribution in [0.15, 0.2) is 52.0 Å². The second-order valence-electron chi connectivity index (χ2n) is 7.05. The molecule has 3 rings (SSSR count). The number of halogens is 1. The molecular formula is C22H27BrN4O3. The number of hydrogen-bond donors (Lipinski definition) is 3. The monoisotopic (exact) mass is 474 g/mol. The van der Waals surface area contributed by atoms with Crippen LogP contribution < -0.4 is 25.5 Å². The quantitative estimate of drug-likeness (QED) is 0.382. The van der Waals surface area contributed by atoms with Crippen molar-refractivity contribution >= 4 is 28.1 Å². The lowest BCUT2D eigenvalue weighted by Crippen LogP contribution is -2.61. The number of methoxy groups -OCH3 is 1. The van der Waals surface area contributed by atoms with E-state index in [1.165, 1.54) is 0 Å². The van der Waals surface area contributed by atoms with Crippen LogP contribution in [0.3, 0.4) is 0 Å². The van der Waals surface area contributed by atoms with E-state index >= 15 is 0 Å². The van der Waals surface area contributed by atoms with Gasteiger partial charge in [0.05, 0.1) is 17.8 Å². The molecule has 1 heterocycles. The number of carbonyl (C=O) groups excluding carboxylic acids is 1. The molecule has 1 aliphatic heterocycles. The lowest BCUT2D eigenvalue weighted by Gasteiger charge is -2.30. The van der Waals surface area contributed by atoms with Crippen molar-refractivity contribution in [1.82, 2.24) is 16.1 Å². The van der Waals surface area contributed by atoms with Gasteiger partial charge in [-0.2, -0.15) is 5.10 Å². The molecule has 0 aliphatic carbocycles. The minimum Gasteiger partial charge on any atom is -0.493 e. The Kier molecular flexibility index (Phi) is 8.10. The molecule has 2 aromatic rings. The van der Waals surface area contributed by atoms with Crippen molar-refractivity contribution in [3.8, 4) is 11.5 Å². The van der Waals surface area contributed by atoms with Crippen LogP contribution in [0, 0.1) is 0 Å². The predicted molar refractivity (Wildman–Crippen MR) is 121 cm³/mol. The Bertz CT molecular complexity index is 876. The lowest BCUT2D eigenvalue weighted by atomic mass is 10.1. The number of hydrazone groups is 1. The van der Waals surface area contributed by atoms with Gasteiger partial charge >= 0.3 is 0 Å². The van der Waals surface area contributed by atoms with Crippen molar-refractivity contribution in [2.24, 2.45) is 5.10 Å². The highest BCUT2D eigenvalue weighted by atomic mass is 79.9. The summed E-state index contributed by atoms with van der Waals surface area (Å²) in [5.74, 6) is 1.26. The fraction of sp³-hybridized carbons (Fsp3) is 0.364. The maximum absolute atomic E-state index is 11.8. The van der Waals surface area contributed by atoms with Crippen LogP contribution in [-0.2, 0) is 11.4 Å². The molecule has 2 atom stereocenters. The van der Waals surface area contributed by atoms with E-state index in [0.29, 0.717) is 24.5 Å². The molecule has 160 valence electrons. The van der Waals surface area contributed by atoms with Gasteiger partial charge in [-0.3, -0.25) is 15.5 Å². The highest BCUT2D eigenvalue weighted by molar-refractivity contribution is 9.10. The number of ether oxygens (including phenoxy) is 2. The highest BCUT2D eigenvalue weighted by Crippen LogP contribution is 2.36. The topological polar surface area (TPSA) is 84.0 Å². The molecular weight excluding hydrogens is 448 g/mol. The molecule has 30 heavy (non-hydrogen) atoms. The molecule has 1 amide bonds. The summed E-state index contributed by atoms with van der Waals surface area (Å²) in [6.45, 7) is 2.55. The van der Waals surface area contributed by atoms with E-state index in [9.17, 15) is 4.79 Å². The van der Waals surface area contributed by atoms with Crippen LogP contribution in [0.5, 0.6) is 11.5 Å². The Labute approximate surface area is 185 Å². The SMILES string of the molecule is CCCC1CC(=O)NC(N/N=C/c2cc(Br)c(OCc3ccccc3)c(OC)c2)N1. The number of amides is 1. The van der Waals surface area contributed by atoms with Crippen LogP contribution in [0.2, 0.25) is 0 Å². The first kappa shape index (κ1) is 22.1. The van der Waals surface area contributed by atoms with Gasteiger partial charge in [0.25, 0.3) is 0 Å². The molecule has 0 bridgehead atoms. The molecule has 7 nitrogen and oxygen atoms in total. The van der Waals surface area contributed by atoms with Gasteiger partial charge < -0.3 is 14.8 Å². The molecule has 8 heteroatoms. The molecule has 0 saturated carbocycles. The summed E-state index contributed by atoms with van der Waals surface area (Å²) in [6, 6.07) is 13.9. The Hall–Kier alpha value is -2.58. The zero-order chi connectivity index (χ0) is 21.3. The van der Waals surface area contributed by atoms with Crippen molar-refractivity contribution in [2.45, 2.75) is 45.1 Å². The largest absolute Gasteiger partial charge is 0.493 e. The van der Waals surface area contributed by atoms with E-state index in [2.05, 4.69) is 44.0 Å². The number of nitrogens with zero attached hydrogens (tertiary/aromatic N) is 1. The number of carbonyl (C=O) groups is 1. The van der Waals surface area contributed by atoms with Crippen molar-refractivity contribution in [3.05, 3.63) is 58.1 Å². The first-order valence-electron chi connectivity index (χ1n) is 9.97. The summed E-state index contributed by atoms with van der Waals surface area (Å²) in [4.78, 5) is 11.8. The van der Waals surface area contributed by atoms with Crippen LogP contribution in [0.4, 0.5) is 0 Å². The Morgan fingerprint density at radius 3 is 2.83 bits per heavy atom. The van der Waals surface area contributed by atoms with Gasteiger partial charge in [-0.1, -0.05) is 43.7 Å². The van der Waals surface area contributed by atoms with Gasteiger partial charge in [0.15, 0.2) is 17.8 Å². The molecule has 2 unspecified atom stereocenters. The zero-order valence-electron chi connectivity index (χ0n) is 17.2. The molecule has 3 N–H and O–H groups in total. The molecule has 1 aliphatic rings. The maximum atomic E-state index is 11.8. The average Bonchev–Trinajstić information content (AvgIpc) is 2.73. The van der Waals surface area contributed by atoms with E-state index in [0.717, 1.165) is 28.4 Å². The third kappa shape index (κ3) is 6.21. The fourth-order valence-electron chi connectivity index (χ4n) is 3.25. The third-order valence-corrected chi connectivity index (χ3v) is 5.26. The smallest absolute Gasteiger partial charge is 0.224 e. The fourth-order valence-corrected chi connectivity index (χ4v) is 3.83.